The third kappa shape index (κ3) is 4.35. The molecule has 0 saturated carbocycles. The highest BCUT2D eigenvalue weighted by Crippen LogP contribution is 2.30. The molecule has 0 radical (unpaired) electrons. The number of halogens is 1. The highest BCUT2D eigenvalue weighted by atomic mass is 35.5. The van der Waals surface area contributed by atoms with Crippen LogP contribution < -0.4 is 5.32 Å². The van der Waals surface area contributed by atoms with Crippen LogP contribution in [0, 0.1) is 0 Å². The molecular formula is C20H20ClN3O3. The van der Waals surface area contributed by atoms with Crippen molar-refractivity contribution in [2.75, 3.05) is 26.7 Å². The zero-order valence-corrected chi connectivity index (χ0v) is 15.7. The van der Waals surface area contributed by atoms with E-state index in [0.717, 1.165) is 16.7 Å². The lowest BCUT2D eigenvalue weighted by atomic mass is 10.00. The fraction of sp³-hybridized carbons (Fsp3) is 0.250. The van der Waals surface area contributed by atoms with Gasteiger partial charge in [-0.1, -0.05) is 18.2 Å². The first-order valence-electron chi connectivity index (χ1n) is 8.52. The molecule has 2 aromatic rings. The van der Waals surface area contributed by atoms with E-state index in [-0.39, 0.29) is 17.9 Å². The number of morpholine rings is 1. The molecule has 0 bridgehead atoms. The van der Waals surface area contributed by atoms with Crippen LogP contribution in [0.3, 0.4) is 0 Å². The fourth-order valence-corrected chi connectivity index (χ4v) is 3.25. The van der Waals surface area contributed by atoms with Gasteiger partial charge < -0.3 is 15.0 Å². The van der Waals surface area contributed by atoms with E-state index in [2.05, 4.69) is 16.9 Å². The number of carbonyl (C=O) groups is 2. The highest BCUT2D eigenvalue weighted by Gasteiger charge is 2.25. The van der Waals surface area contributed by atoms with E-state index in [0.29, 0.717) is 30.3 Å². The van der Waals surface area contributed by atoms with Crippen LogP contribution in [0.2, 0.25) is 5.02 Å². The molecule has 2 heterocycles. The van der Waals surface area contributed by atoms with E-state index >= 15 is 0 Å². The minimum Gasteiger partial charge on any atom is -0.370 e. The molecule has 2 amide bonds. The Morgan fingerprint density at radius 2 is 2.11 bits per heavy atom. The van der Waals surface area contributed by atoms with E-state index in [1.165, 1.54) is 12.3 Å². The van der Waals surface area contributed by atoms with Crippen LogP contribution in [0.4, 0.5) is 0 Å². The van der Waals surface area contributed by atoms with Crippen molar-refractivity contribution < 1.29 is 14.3 Å². The van der Waals surface area contributed by atoms with Crippen molar-refractivity contribution >= 4 is 23.4 Å². The molecule has 140 valence electrons. The van der Waals surface area contributed by atoms with Gasteiger partial charge in [-0.05, 0) is 41.5 Å². The van der Waals surface area contributed by atoms with Crippen molar-refractivity contribution in [1.29, 1.82) is 0 Å². The van der Waals surface area contributed by atoms with Crippen LogP contribution in [0.25, 0.3) is 11.1 Å². The predicted molar refractivity (Wildman–Crippen MR) is 104 cm³/mol. The van der Waals surface area contributed by atoms with Gasteiger partial charge in [-0.3, -0.25) is 14.6 Å². The van der Waals surface area contributed by atoms with E-state index < -0.39 is 0 Å². The van der Waals surface area contributed by atoms with E-state index in [4.69, 9.17) is 16.3 Å². The third-order valence-corrected chi connectivity index (χ3v) is 4.62. The molecule has 1 aromatic heterocycles. The van der Waals surface area contributed by atoms with Crippen LogP contribution in [-0.2, 0) is 9.53 Å². The van der Waals surface area contributed by atoms with E-state index in [1.54, 1.807) is 24.2 Å². The Bertz CT molecular complexity index is 885. The number of hydrogen-bond acceptors (Lipinski definition) is 4. The van der Waals surface area contributed by atoms with Gasteiger partial charge in [-0.2, -0.15) is 0 Å². The van der Waals surface area contributed by atoms with Gasteiger partial charge in [0.1, 0.15) is 6.10 Å². The Morgan fingerprint density at radius 3 is 2.85 bits per heavy atom. The van der Waals surface area contributed by atoms with Gasteiger partial charge >= 0.3 is 0 Å². The number of rotatable bonds is 4. The van der Waals surface area contributed by atoms with Crippen LogP contribution in [-0.4, -0.2) is 48.4 Å². The van der Waals surface area contributed by atoms with Crippen molar-refractivity contribution in [3.05, 3.63) is 65.5 Å². The number of hydrogen-bond donors (Lipinski definition) is 1. The zero-order valence-electron chi connectivity index (χ0n) is 14.9. The molecule has 6 nitrogen and oxygen atoms in total. The molecule has 1 aromatic carbocycles. The van der Waals surface area contributed by atoms with Gasteiger partial charge in [-0.15, -0.1) is 0 Å². The summed E-state index contributed by atoms with van der Waals surface area (Å²) in [6.45, 7) is 4.95. The van der Waals surface area contributed by atoms with Crippen molar-refractivity contribution in [1.82, 2.24) is 15.2 Å². The number of ether oxygens (including phenoxy) is 1. The van der Waals surface area contributed by atoms with Crippen LogP contribution in [0.5, 0.6) is 0 Å². The first-order valence-corrected chi connectivity index (χ1v) is 8.90. The lowest BCUT2D eigenvalue weighted by Crippen LogP contribution is -2.41. The first-order chi connectivity index (χ1) is 13.0. The van der Waals surface area contributed by atoms with Crippen molar-refractivity contribution in [2.45, 2.75) is 6.10 Å². The molecule has 1 N–H and O–H groups in total. The number of nitrogens with zero attached hydrogens (tertiary/aromatic N) is 2. The summed E-state index contributed by atoms with van der Waals surface area (Å²) in [4.78, 5) is 29.6. The molecule has 0 spiro atoms. The van der Waals surface area contributed by atoms with Crippen molar-refractivity contribution in [3.8, 4) is 11.1 Å². The summed E-state index contributed by atoms with van der Waals surface area (Å²) < 4.78 is 5.85. The molecule has 1 atom stereocenters. The summed E-state index contributed by atoms with van der Waals surface area (Å²) in [7, 11) is 1.57. The molecule has 27 heavy (non-hydrogen) atoms. The SMILES string of the molecule is C=CC(=O)N1CCO[C@H](c2cc(Cl)cc(-c3cncc(C(=O)NC)c3)c2)C1. The van der Waals surface area contributed by atoms with E-state index in [1.807, 2.05) is 18.2 Å². The number of amides is 2. The highest BCUT2D eigenvalue weighted by molar-refractivity contribution is 6.31. The Balaban J connectivity index is 1.92. The van der Waals surface area contributed by atoms with Crippen LogP contribution in [0.1, 0.15) is 22.0 Å². The summed E-state index contributed by atoms with van der Waals surface area (Å²) in [6, 6.07) is 7.35. The first kappa shape index (κ1) is 19.1. The Hall–Kier alpha value is -2.70. The molecule has 3 rings (SSSR count). The van der Waals surface area contributed by atoms with Gasteiger partial charge in [-0.25, -0.2) is 0 Å². The van der Waals surface area contributed by atoms with Crippen LogP contribution >= 0.6 is 11.6 Å². The lowest BCUT2D eigenvalue weighted by molar-refractivity contribution is -0.133. The summed E-state index contributed by atoms with van der Waals surface area (Å²) in [5.41, 5.74) is 2.93. The second-order valence-electron chi connectivity index (χ2n) is 6.16. The maximum Gasteiger partial charge on any atom is 0.252 e. The van der Waals surface area contributed by atoms with Crippen molar-refractivity contribution in [3.63, 3.8) is 0 Å². The maximum atomic E-state index is 11.9. The molecular weight excluding hydrogens is 366 g/mol. The van der Waals surface area contributed by atoms with Gasteiger partial charge in [0.15, 0.2) is 0 Å². The number of pyridine rings is 1. The normalized spacial score (nSPS) is 16.7. The minimum atomic E-state index is -0.282. The average Bonchev–Trinajstić information content (AvgIpc) is 2.72. The molecule has 0 aliphatic carbocycles. The second kappa shape index (κ2) is 8.33. The standard InChI is InChI=1S/C20H20ClN3O3/c1-3-19(25)24-4-5-27-18(12-24)14-6-13(8-17(21)9-14)15-7-16(11-23-10-15)20(26)22-2/h3,6-11,18H,1,4-5,12H2,2H3,(H,22,26)/t18-/m0/s1. The zero-order chi connectivity index (χ0) is 19.4. The van der Waals surface area contributed by atoms with E-state index in [9.17, 15) is 9.59 Å². The molecule has 7 heteroatoms. The van der Waals surface area contributed by atoms with Gasteiger partial charge in [0.25, 0.3) is 5.91 Å². The molecule has 1 aliphatic rings. The fourth-order valence-electron chi connectivity index (χ4n) is 3.01. The topological polar surface area (TPSA) is 71.5 Å². The summed E-state index contributed by atoms with van der Waals surface area (Å²) in [6.07, 6.45) is 4.21. The van der Waals surface area contributed by atoms with Crippen LogP contribution in [0.15, 0.2) is 49.3 Å². The summed E-state index contributed by atoms with van der Waals surface area (Å²) >= 11 is 6.32. The summed E-state index contributed by atoms with van der Waals surface area (Å²) in [5, 5.41) is 3.13. The average molecular weight is 386 g/mol. The third-order valence-electron chi connectivity index (χ3n) is 4.41. The number of nitrogens with one attached hydrogen (secondary N) is 1. The quantitative estimate of drug-likeness (QED) is 0.821. The van der Waals surface area contributed by atoms with Gasteiger partial charge in [0.2, 0.25) is 5.91 Å². The smallest absolute Gasteiger partial charge is 0.252 e. The van der Waals surface area contributed by atoms with Gasteiger partial charge in [0, 0.05) is 36.6 Å². The Kier molecular flexibility index (Phi) is 5.88. The maximum absolute atomic E-state index is 11.9. The predicted octanol–water partition coefficient (Wildman–Crippen LogP) is 2.85. The second-order valence-corrected chi connectivity index (χ2v) is 6.60. The number of carbonyl (C=O) groups excluding carboxylic acids is 2. The lowest BCUT2D eigenvalue weighted by Gasteiger charge is -2.32. The molecule has 0 unspecified atom stereocenters. The number of benzene rings is 1. The monoisotopic (exact) mass is 385 g/mol. The summed E-state index contributed by atoms with van der Waals surface area (Å²) in [5.74, 6) is -0.325. The number of aromatic nitrogens is 1. The Morgan fingerprint density at radius 1 is 1.30 bits per heavy atom. The van der Waals surface area contributed by atoms with Gasteiger partial charge in [0.05, 0.1) is 18.7 Å². The Labute approximate surface area is 162 Å². The molecule has 1 fully saturated rings. The van der Waals surface area contributed by atoms with Crippen molar-refractivity contribution in [2.24, 2.45) is 0 Å². The minimum absolute atomic E-state index is 0.118. The molecule has 1 aliphatic heterocycles. The largest absolute Gasteiger partial charge is 0.370 e. The molecule has 1 saturated heterocycles.